The molecule has 1 amide bonds. The van der Waals surface area contributed by atoms with Gasteiger partial charge in [-0.25, -0.2) is 0 Å². The molecule has 0 aliphatic heterocycles. The normalized spacial score (nSPS) is 33.0. The van der Waals surface area contributed by atoms with E-state index in [1.54, 1.807) is 29.1 Å². The summed E-state index contributed by atoms with van der Waals surface area (Å²) in [5, 5.41) is 19.0. The van der Waals surface area contributed by atoms with Crippen molar-refractivity contribution in [2.45, 2.75) is 48.7 Å². The largest absolute Gasteiger partial charge is 0.759 e. The zero-order valence-corrected chi connectivity index (χ0v) is 16.8. The van der Waals surface area contributed by atoms with Crippen molar-refractivity contribution < 1.29 is 23.9 Å². The maximum absolute atomic E-state index is 12.0. The monoisotopic (exact) mass is 428 g/mol. The summed E-state index contributed by atoms with van der Waals surface area (Å²) in [6.45, 7) is 0. The van der Waals surface area contributed by atoms with E-state index in [4.69, 9.17) is 32.7 Å². The molecule has 0 saturated heterocycles. The lowest BCUT2D eigenvalue weighted by molar-refractivity contribution is -0.807. The van der Waals surface area contributed by atoms with E-state index in [1.807, 2.05) is 6.07 Å². The van der Waals surface area contributed by atoms with Crippen molar-refractivity contribution in [1.82, 2.24) is 5.48 Å². The van der Waals surface area contributed by atoms with E-state index in [9.17, 15) is 15.1 Å². The number of aliphatic hydroxyl groups is 1. The summed E-state index contributed by atoms with van der Waals surface area (Å²) < 4.78 is 13.7. The van der Waals surface area contributed by atoms with Crippen LogP contribution in [0, 0.1) is 5.21 Å². The number of amides is 1. The zero-order valence-electron chi connectivity index (χ0n) is 15.3. The van der Waals surface area contributed by atoms with Crippen molar-refractivity contribution in [3.8, 4) is 0 Å². The van der Waals surface area contributed by atoms with Crippen LogP contribution in [-0.4, -0.2) is 35.4 Å². The lowest BCUT2D eigenvalue weighted by Crippen LogP contribution is -2.70. The molecule has 2 unspecified atom stereocenters. The van der Waals surface area contributed by atoms with Crippen LogP contribution < -0.4 is 10.0 Å². The Morgan fingerprint density at radius 2 is 1.93 bits per heavy atom. The lowest BCUT2D eigenvalue weighted by Gasteiger charge is -2.43. The Kier molecular flexibility index (Phi) is 6.44. The number of methoxy groups -OCH3 is 1. The molecule has 152 valence electrons. The molecule has 2 N–H and O–H groups in total. The minimum Gasteiger partial charge on any atom is -0.759 e. The summed E-state index contributed by atoms with van der Waals surface area (Å²) >= 11 is 13.6. The van der Waals surface area contributed by atoms with Crippen LogP contribution in [0.4, 0.5) is 0 Å². The molecule has 3 rings (SSSR count). The van der Waals surface area contributed by atoms with Gasteiger partial charge in [0.15, 0.2) is 12.4 Å². The van der Waals surface area contributed by atoms with E-state index < -0.39 is 16.7 Å². The van der Waals surface area contributed by atoms with Crippen molar-refractivity contribution >= 4 is 29.1 Å². The van der Waals surface area contributed by atoms with Crippen molar-refractivity contribution in [1.29, 1.82) is 0 Å². The number of rotatable bonds is 5. The zero-order chi connectivity index (χ0) is 20.4. The van der Waals surface area contributed by atoms with E-state index in [0.717, 1.165) is 0 Å². The molecule has 2 aliphatic carbocycles. The molecule has 1 saturated carbocycles. The number of hydrogen-bond donors (Lipinski definition) is 2. The number of ether oxygens (including phenoxy) is 2. The molecule has 2 atom stereocenters. The Morgan fingerprint density at radius 1 is 1.29 bits per heavy atom. The number of aliphatic hydroxyl groups excluding tert-OH is 1. The fourth-order valence-corrected chi connectivity index (χ4v) is 4.70. The van der Waals surface area contributed by atoms with Crippen LogP contribution in [0.3, 0.4) is 0 Å². The van der Waals surface area contributed by atoms with Crippen LogP contribution in [0.2, 0.25) is 0 Å². The van der Waals surface area contributed by atoms with E-state index in [0.29, 0.717) is 25.7 Å². The number of carbonyl (C=O) groups is 1. The fraction of sp³-hybridized carbons (Fsp3) is 0.474. The molecule has 0 spiro atoms. The molecule has 0 radical (unpaired) electrons. The Morgan fingerprint density at radius 3 is 2.50 bits per heavy atom. The molecule has 0 bridgehead atoms. The van der Waals surface area contributed by atoms with Gasteiger partial charge in [-0.2, -0.15) is 4.57 Å². The summed E-state index contributed by atoms with van der Waals surface area (Å²) in [5.74, 6) is -0.881. The number of nitrogens with one attached hydrogen (secondary N) is 1. The minimum absolute atomic E-state index is 0.0185. The second-order valence-corrected chi connectivity index (χ2v) is 7.82. The molecule has 9 heteroatoms. The maximum atomic E-state index is 12.0. The third-order valence-corrected chi connectivity index (χ3v) is 5.94. The van der Waals surface area contributed by atoms with Gasteiger partial charge in [0.05, 0.1) is 12.2 Å². The molecule has 1 fully saturated rings. The van der Waals surface area contributed by atoms with Gasteiger partial charge >= 0.3 is 5.72 Å². The fourth-order valence-electron chi connectivity index (χ4n) is 3.70. The van der Waals surface area contributed by atoms with Gasteiger partial charge in [0.2, 0.25) is 5.91 Å². The summed E-state index contributed by atoms with van der Waals surface area (Å²) in [6, 6.07) is 5.39. The molecule has 1 aromatic heterocycles. The van der Waals surface area contributed by atoms with Crippen LogP contribution in [0.25, 0.3) is 0 Å². The van der Waals surface area contributed by atoms with Crippen molar-refractivity contribution in [2.75, 3.05) is 7.11 Å². The highest BCUT2D eigenvalue weighted by Crippen LogP contribution is 2.48. The average Bonchev–Trinajstić information content (AvgIpc) is 2.70. The maximum Gasteiger partial charge on any atom is 0.357 e. The quantitative estimate of drug-likeness (QED) is 0.425. The predicted octanol–water partition coefficient (Wildman–Crippen LogP) is 2.21. The summed E-state index contributed by atoms with van der Waals surface area (Å²) in [5.41, 5.74) is -0.186. The molecular formula is C19H22Cl2N2O5. The standard InChI is InChI=1S/C19H22Cl2N2O5/c1-27-19(23-9-3-2-4-10-23)16(20)11-13(17(25)22-26)12-18(19,21)28-15-7-5-14(24)6-8-15/h2-4,9-12,14-15,24H,5-8H2,1H3,(H-,22,25,26)/t14-,15-,18?,19?. The number of carbonyl (C=O) groups excluding carboxylic acids is 1. The number of hydrogen-bond acceptors (Lipinski definition) is 5. The first-order chi connectivity index (χ1) is 13.4. The second-order valence-electron chi connectivity index (χ2n) is 6.85. The van der Waals surface area contributed by atoms with Crippen molar-refractivity contribution in [3.05, 3.63) is 58.6 Å². The molecular weight excluding hydrogens is 407 g/mol. The number of hydroxylamine groups is 1. The highest BCUT2D eigenvalue weighted by Gasteiger charge is 2.65. The highest BCUT2D eigenvalue weighted by atomic mass is 35.5. The number of pyridine rings is 1. The smallest absolute Gasteiger partial charge is 0.357 e. The van der Waals surface area contributed by atoms with Gasteiger partial charge in [-0.15, -0.1) is 0 Å². The average molecular weight is 429 g/mol. The van der Waals surface area contributed by atoms with Gasteiger partial charge in [-0.3, -0.25) is 4.79 Å². The highest BCUT2D eigenvalue weighted by molar-refractivity contribution is 6.33. The number of aromatic nitrogens is 1. The van der Waals surface area contributed by atoms with Crippen molar-refractivity contribution in [3.63, 3.8) is 0 Å². The topological polar surface area (TPSA) is 94.7 Å². The summed E-state index contributed by atoms with van der Waals surface area (Å²) in [6.07, 6.45) is 7.82. The van der Waals surface area contributed by atoms with Crippen LogP contribution in [-0.2, 0) is 20.0 Å². The number of halogens is 2. The third-order valence-electron chi connectivity index (χ3n) is 5.12. The van der Waals surface area contributed by atoms with Crippen molar-refractivity contribution in [2.24, 2.45) is 0 Å². The summed E-state index contributed by atoms with van der Waals surface area (Å²) in [7, 11) is 1.44. The third kappa shape index (κ3) is 3.70. The van der Waals surface area contributed by atoms with E-state index >= 15 is 0 Å². The Hall–Kier alpha value is -1.48. The first kappa shape index (κ1) is 21.2. The first-order valence-corrected chi connectivity index (χ1v) is 9.71. The molecule has 28 heavy (non-hydrogen) atoms. The molecule has 7 nitrogen and oxygen atoms in total. The van der Waals surface area contributed by atoms with Crippen LogP contribution in [0.1, 0.15) is 25.7 Å². The number of alkyl halides is 1. The SMILES string of the molecule is COC1([n+]2ccccc2)C(Cl)=CC(C(=O)N[O-])=CC1(Cl)O[C@H]1CC[C@H](O)CC1. The van der Waals surface area contributed by atoms with Gasteiger partial charge in [0.25, 0.3) is 5.06 Å². The van der Waals surface area contributed by atoms with Crippen LogP contribution in [0.15, 0.2) is 53.4 Å². The lowest BCUT2D eigenvalue weighted by atomic mass is 9.91. The van der Waals surface area contributed by atoms with Crippen LogP contribution in [0.5, 0.6) is 0 Å². The first-order valence-electron chi connectivity index (χ1n) is 8.96. The van der Waals surface area contributed by atoms with Gasteiger partial charge < -0.3 is 25.3 Å². The van der Waals surface area contributed by atoms with Gasteiger partial charge in [0, 0.05) is 24.8 Å². The molecule has 1 heterocycles. The van der Waals surface area contributed by atoms with E-state index in [1.165, 1.54) is 24.7 Å². The van der Waals surface area contributed by atoms with Gasteiger partial charge in [-0.05, 0) is 37.8 Å². The molecule has 2 aliphatic rings. The predicted molar refractivity (Wildman–Crippen MR) is 103 cm³/mol. The second kappa shape index (κ2) is 8.49. The Labute approximate surface area is 173 Å². The van der Waals surface area contributed by atoms with Gasteiger partial charge in [-0.1, -0.05) is 29.3 Å². The van der Waals surface area contributed by atoms with E-state index in [2.05, 4.69) is 0 Å². The van der Waals surface area contributed by atoms with E-state index in [-0.39, 0.29) is 22.8 Å². The molecule has 1 aromatic rings. The Balaban J connectivity index is 2.09. The summed E-state index contributed by atoms with van der Waals surface area (Å²) in [4.78, 5) is 12.0. The minimum atomic E-state index is -1.71. The molecule has 0 aromatic carbocycles. The number of nitrogens with zero attached hydrogens (tertiary/aromatic N) is 1. The Bertz CT molecular complexity index is 780. The van der Waals surface area contributed by atoms with Gasteiger partial charge in [0.1, 0.15) is 5.03 Å². The van der Waals surface area contributed by atoms with Crippen LogP contribution >= 0.6 is 23.2 Å².